The number of para-hydroxylation sites is 1. The summed E-state index contributed by atoms with van der Waals surface area (Å²) in [6.07, 6.45) is 0.921. The molecular formula is C14H21FN2O2. The van der Waals surface area contributed by atoms with Crippen LogP contribution in [0.25, 0.3) is 0 Å². The number of carbonyl (C=O) groups excluding carboxylic acids is 1. The maximum Gasteiger partial charge on any atom is 0.222 e. The number of nitrogens with two attached hydrogens (primary N) is 1. The van der Waals surface area contributed by atoms with E-state index in [2.05, 4.69) is 0 Å². The summed E-state index contributed by atoms with van der Waals surface area (Å²) in [6, 6.07) is 6.26. The lowest BCUT2D eigenvalue weighted by molar-refractivity contribution is -0.131. The van der Waals surface area contributed by atoms with Crippen molar-refractivity contribution in [2.75, 3.05) is 20.2 Å². The Balaban J connectivity index is 2.28. The quantitative estimate of drug-likeness (QED) is 0.767. The molecule has 5 heteroatoms. The number of hydrogen-bond donors (Lipinski definition) is 1. The first-order valence-corrected chi connectivity index (χ1v) is 6.39. The third-order valence-corrected chi connectivity index (χ3v) is 3.02. The van der Waals surface area contributed by atoms with Crippen molar-refractivity contribution in [2.24, 2.45) is 5.73 Å². The number of amides is 1. The SMILES string of the molecule is CC(CN)N(C)C(=O)CCCOc1ccccc1F. The van der Waals surface area contributed by atoms with Crippen molar-refractivity contribution in [1.29, 1.82) is 0 Å². The zero-order valence-corrected chi connectivity index (χ0v) is 11.4. The first-order chi connectivity index (χ1) is 9.06. The second kappa shape index (κ2) is 7.74. The van der Waals surface area contributed by atoms with E-state index < -0.39 is 0 Å². The number of likely N-dealkylation sites (N-methyl/N-ethyl adjacent to an activating group) is 1. The van der Waals surface area contributed by atoms with Crippen LogP contribution < -0.4 is 10.5 Å². The molecule has 1 amide bonds. The molecule has 0 radical (unpaired) electrons. The van der Waals surface area contributed by atoms with Gasteiger partial charge in [0.2, 0.25) is 5.91 Å². The van der Waals surface area contributed by atoms with Crippen LogP contribution >= 0.6 is 0 Å². The number of benzene rings is 1. The smallest absolute Gasteiger partial charge is 0.222 e. The Morgan fingerprint density at radius 2 is 2.16 bits per heavy atom. The maximum atomic E-state index is 13.2. The number of nitrogens with zero attached hydrogens (tertiary/aromatic N) is 1. The van der Waals surface area contributed by atoms with Gasteiger partial charge in [0.15, 0.2) is 11.6 Å². The van der Waals surface area contributed by atoms with Crippen LogP contribution in [0, 0.1) is 5.82 Å². The molecule has 19 heavy (non-hydrogen) atoms. The van der Waals surface area contributed by atoms with Crippen LogP contribution in [0.15, 0.2) is 24.3 Å². The number of rotatable bonds is 7. The van der Waals surface area contributed by atoms with Gasteiger partial charge in [-0.15, -0.1) is 0 Å². The molecule has 4 nitrogen and oxygen atoms in total. The molecule has 1 unspecified atom stereocenters. The molecule has 1 aromatic carbocycles. The average Bonchev–Trinajstić information content (AvgIpc) is 2.43. The van der Waals surface area contributed by atoms with Crippen molar-refractivity contribution in [1.82, 2.24) is 4.90 Å². The monoisotopic (exact) mass is 268 g/mol. The predicted molar refractivity (Wildman–Crippen MR) is 72.4 cm³/mol. The van der Waals surface area contributed by atoms with E-state index in [1.165, 1.54) is 6.07 Å². The van der Waals surface area contributed by atoms with Gasteiger partial charge in [-0.2, -0.15) is 0 Å². The predicted octanol–water partition coefficient (Wildman–Crippen LogP) is 1.79. The van der Waals surface area contributed by atoms with Crippen molar-refractivity contribution in [2.45, 2.75) is 25.8 Å². The summed E-state index contributed by atoms with van der Waals surface area (Å²) < 4.78 is 18.5. The molecule has 0 bridgehead atoms. The molecule has 0 spiro atoms. The second-order valence-electron chi connectivity index (χ2n) is 4.47. The Kier molecular flexibility index (Phi) is 6.29. The molecule has 106 valence electrons. The van der Waals surface area contributed by atoms with Crippen LogP contribution in [-0.4, -0.2) is 37.0 Å². The fourth-order valence-corrected chi connectivity index (χ4v) is 1.55. The van der Waals surface area contributed by atoms with Gasteiger partial charge in [-0.3, -0.25) is 4.79 Å². The summed E-state index contributed by atoms with van der Waals surface area (Å²) in [7, 11) is 1.73. The van der Waals surface area contributed by atoms with E-state index in [1.54, 1.807) is 30.1 Å². The molecule has 1 aromatic rings. The van der Waals surface area contributed by atoms with Crippen LogP contribution in [-0.2, 0) is 4.79 Å². The van der Waals surface area contributed by atoms with Gasteiger partial charge in [0, 0.05) is 26.1 Å². The number of hydrogen-bond acceptors (Lipinski definition) is 3. The largest absolute Gasteiger partial charge is 0.491 e. The summed E-state index contributed by atoms with van der Waals surface area (Å²) in [6.45, 7) is 2.65. The molecule has 1 atom stereocenters. The van der Waals surface area contributed by atoms with Crippen molar-refractivity contribution in [3.8, 4) is 5.75 Å². The lowest BCUT2D eigenvalue weighted by Crippen LogP contribution is -2.39. The van der Waals surface area contributed by atoms with Gasteiger partial charge in [0.1, 0.15) is 0 Å². The Bertz CT molecular complexity index is 412. The first-order valence-electron chi connectivity index (χ1n) is 6.39. The molecule has 0 heterocycles. The van der Waals surface area contributed by atoms with Gasteiger partial charge < -0.3 is 15.4 Å². The van der Waals surface area contributed by atoms with Crippen molar-refractivity contribution in [3.63, 3.8) is 0 Å². The zero-order chi connectivity index (χ0) is 14.3. The summed E-state index contributed by atoms with van der Waals surface area (Å²) in [5.74, 6) is -0.142. The van der Waals surface area contributed by atoms with Gasteiger partial charge in [0.25, 0.3) is 0 Å². The number of ether oxygens (including phenoxy) is 1. The third-order valence-electron chi connectivity index (χ3n) is 3.02. The van der Waals surface area contributed by atoms with Crippen LogP contribution in [0.1, 0.15) is 19.8 Å². The highest BCUT2D eigenvalue weighted by molar-refractivity contribution is 5.76. The number of carbonyl (C=O) groups is 1. The second-order valence-corrected chi connectivity index (χ2v) is 4.47. The molecule has 0 aliphatic rings. The van der Waals surface area contributed by atoms with Gasteiger partial charge in [0.05, 0.1) is 6.61 Å². The maximum absolute atomic E-state index is 13.2. The molecule has 0 aliphatic heterocycles. The van der Waals surface area contributed by atoms with Crippen LogP contribution in [0.5, 0.6) is 5.75 Å². The molecule has 0 aromatic heterocycles. The van der Waals surface area contributed by atoms with Gasteiger partial charge in [-0.25, -0.2) is 4.39 Å². The normalized spacial score (nSPS) is 12.0. The lowest BCUT2D eigenvalue weighted by Gasteiger charge is -2.23. The van der Waals surface area contributed by atoms with Gasteiger partial charge in [-0.05, 0) is 25.5 Å². The van der Waals surface area contributed by atoms with E-state index in [4.69, 9.17) is 10.5 Å². The highest BCUT2D eigenvalue weighted by atomic mass is 19.1. The minimum atomic E-state index is -0.386. The Morgan fingerprint density at radius 3 is 2.79 bits per heavy atom. The van der Waals surface area contributed by atoms with Crippen molar-refractivity contribution < 1.29 is 13.9 Å². The highest BCUT2D eigenvalue weighted by Gasteiger charge is 2.13. The van der Waals surface area contributed by atoms with Gasteiger partial charge >= 0.3 is 0 Å². The Hall–Kier alpha value is -1.62. The molecule has 0 saturated heterocycles. The standard InChI is InChI=1S/C14H21FN2O2/c1-11(10-16)17(2)14(18)8-5-9-19-13-7-4-3-6-12(13)15/h3-4,6-7,11H,5,8-10,16H2,1-2H3. The van der Waals surface area contributed by atoms with Crippen LogP contribution in [0.2, 0.25) is 0 Å². The molecule has 1 rings (SSSR count). The summed E-state index contributed by atoms with van der Waals surface area (Å²) in [5, 5.41) is 0. The minimum Gasteiger partial charge on any atom is -0.491 e. The van der Waals surface area contributed by atoms with E-state index in [1.807, 2.05) is 6.92 Å². The molecule has 0 fully saturated rings. The number of halogens is 1. The fourth-order valence-electron chi connectivity index (χ4n) is 1.55. The third kappa shape index (κ3) is 4.87. The van der Waals surface area contributed by atoms with E-state index in [9.17, 15) is 9.18 Å². The van der Waals surface area contributed by atoms with Gasteiger partial charge in [-0.1, -0.05) is 12.1 Å². The average molecular weight is 268 g/mol. The lowest BCUT2D eigenvalue weighted by atomic mass is 10.2. The van der Waals surface area contributed by atoms with Crippen LogP contribution in [0.4, 0.5) is 4.39 Å². The summed E-state index contributed by atoms with van der Waals surface area (Å²) in [5.41, 5.74) is 5.50. The fraction of sp³-hybridized carbons (Fsp3) is 0.500. The first kappa shape index (κ1) is 15.4. The molecule has 0 saturated carbocycles. The minimum absolute atomic E-state index is 0.0232. The molecular weight excluding hydrogens is 247 g/mol. The van der Waals surface area contributed by atoms with Crippen molar-refractivity contribution in [3.05, 3.63) is 30.1 Å². The summed E-state index contributed by atoms with van der Waals surface area (Å²) in [4.78, 5) is 13.4. The Morgan fingerprint density at radius 1 is 1.47 bits per heavy atom. The molecule has 0 aliphatic carbocycles. The molecule has 2 N–H and O–H groups in total. The van der Waals surface area contributed by atoms with E-state index in [0.717, 1.165) is 0 Å². The van der Waals surface area contributed by atoms with Crippen LogP contribution in [0.3, 0.4) is 0 Å². The Labute approximate surface area is 113 Å². The summed E-state index contributed by atoms with van der Waals surface area (Å²) >= 11 is 0. The van der Waals surface area contributed by atoms with E-state index in [0.29, 0.717) is 26.0 Å². The van der Waals surface area contributed by atoms with E-state index >= 15 is 0 Å². The van der Waals surface area contributed by atoms with Crippen molar-refractivity contribution >= 4 is 5.91 Å². The topological polar surface area (TPSA) is 55.6 Å². The zero-order valence-electron chi connectivity index (χ0n) is 11.4. The van der Waals surface area contributed by atoms with E-state index in [-0.39, 0.29) is 23.5 Å². The highest BCUT2D eigenvalue weighted by Crippen LogP contribution is 2.15.